The summed E-state index contributed by atoms with van der Waals surface area (Å²) in [6, 6.07) is 16.0. The average Bonchev–Trinajstić information content (AvgIpc) is 2.35. The molecule has 2 N–H and O–H groups in total. The van der Waals surface area contributed by atoms with Crippen molar-refractivity contribution < 1.29 is 0 Å². The van der Waals surface area contributed by atoms with Crippen molar-refractivity contribution >= 4 is 23.2 Å². The molecule has 0 aliphatic heterocycles. The van der Waals surface area contributed by atoms with Crippen molar-refractivity contribution in [3.05, 3.63) is 69.7 Å². The smallest absolute Gasteiger partial charge is 0.0595 e. The summed E-state index contributed by atoms with van der Waals surface area (Å²) >= 11 is 11.9. The van der Waals surface area contributed by atoms with E-state index in [-0.39, 0.29) is 6.04 Å². The summed E-state index contributed by atoms with van der Waals surface area (Å²) in [4.78, 5) is 0. The molecule has 0 spiro atoms. The van der Waals surface area contributed by atoms with Gasteiger partial charge >= 0.3 is 0 Å². The van der Waals surface area contributed by atoms with Crippen LogP contribution in [0.4, 0.5) is 0 Å². The number of halogens is 2. The van der Waals surface area contributed by atoms with E-state index < -0.39 is 0 Å². The molecule has 0 amide bonds. The molecule has 0 aromatic heterocycles. The third-order valence-corrected chi connectivity index (χ3v) is 3.56. The molecular weight excluding hydrogens is 265 g/mol. The van der Waals surface area contributed by atoms with Gasteiger partial charge in [0.25, 0.3) is 0 Å². The molecular formula is C15H15Cl2N. The molecule has 0 heterocycles. The van der Waals surface area contributed by atoms with Crippen LogP contribution in [0.25, 0.3) is 0 Å². The summed E-state index contributed by atoms with van der Waals surface area (Å²) in [5.74, 6) is 0. The van der Waals surface area contributed by atoms with Crippen LogP contribution in [0.1, 0.15) is 11.1 Å². The van der Waals surface area contributed by atoms with E-state index in [1.165, 1.54) is 5.56 Å². The highest BCUT2D eigenvalue weighted by Crippen LogP contribution is 2.23. The first-order valence-corrected chi connectivity index (χ1v) is 6.64. The topological polar surface area (TPSA) is 26.0 Å². The molecule has 18 heavy (non-hydrogen) atoms. The SMILES string of the molecule is NC(Cc1ccccc1)Cc1ccc(Cl)c(Cl)c1. The van der Waals surface area contributed by atoms with Crippen molar-refractivity contribution in [2.24, 2.45) is 5.73 Å². The summed E-state index contributed by atoms with van der Waals surface area (Å²) < 4.78 is 0. The lowest BCUT2D eigenvalue weighted by Crippen LogP contribution is -2.25. The Morgan fingerprint density at radius 3 is 2.17 bits per heavy atom. The maximum atomic E-state index is 6.15. The summed E-state index contributed by atoms with van der Waals surface area (Å²) in [6.07, 6.45) is 1.66. The summed E-state index contributed by atoms with van der Waals surface area (Å²) in [6.45, 7) is 0. The molecule has 2 aromatic rings. The van der Waals surface area contributed by atoms with Crippen LogP contribution in [-0.2, 0) is 12.8 Å². The maximum Gasteiger partial charge on any atom is 0.0595 e. The van der Waals surface area contributed by atoms with Gasteiger partial charge in [-0.25, -0.2) is 0 Å². The fourth-order valence-corrected chi connectivity index (χ4v) is 2.28. The van der Waals surface area contributed by atoms with Crippen LogP contribution in [0.5, 0.6) is 0 Å². The van der Waals surface area contributed by atoms with Crippen LogP contribution in [-0.4, -0.2) is 6.04 Å². The minimum atomic E-state index is 0.0876. The van der Waals surface area contributed by atoms with Crippen molar-refractivity contribution in [1.29, 1.82) is 0 Å². The first-order valence-electron chi connectivity index (χ1n) is 5.88. The lowest BCUT2D eigenvalue weighted by atomic mass is 10.00. The molecule has 0 aliphatic rings. The van der Waals surface area contributed by atoms with Gasteiger partial charge in [-0.05, 0) is 36.1 Å². The van der Waals surface area contributed by atoms with E-state index >= 15 is 0 Å². The largest absolute Gasteiger partial charge is 0.327 e. The lowest BCUT2D eigenvalue weighted by Gasteiger charge is -2.12. The first kappa shape index (κ1) is 13.4. The Kier molecular flexibility index (Phi) is 4.65. The summed E-state index contributed by atoms with van der Waals surface area (Å²) in [7, 11) is 0. The predicted octanol–water partition coefficient (Wildman–Crippen LogP) is 4.11. The molecule has 1 atom stereocenters. The second-order valence-electron chi connectivity index (χ2n) is 4.40. The Balaban J connectivity index is 1.99. The minimum Gasteiger partial charge on any atom is -0.327 e. The van der Waals surface area contributed by atoms with Crippen LogP contribution in [0, 0.1) is 0 Å². The Bertz CT molecular complexity index is 511. The van der Waals surface area contributed by atoms with Gasteiger partial charge in [0.1, 0.15) is 0 Å². The summed E-state index contributed by atoms with van der Waals surface area (Å²) in [5, 5.41) is 1.16. The quantitative estimate of drug-likeness (QED) is 0.896. The van der Waals surface area contributed by atoms with Gasteiger partial charge < -0.3 is 5.73 Å². The van der Waals surface area contributed by atoms with Gasteiger partial charge in [0.15, 0.2) is 0 Å². The second-order valence-corrected chi connectivity index (χ2v) is 5.22. The van der Waals surface area contributed by atoms with Gasteiger partial charge in [-0.2, -0.15) is 0 Å². The molecule has 3 heteroatoms. The van der Waals surface area contributed by atoms with Gasteiger partial charge in [-0.3, -0.25) is 0 Å². The number of rotatable bonds is 4. The maximum absolute atomic E-state index is 6.15. The molecule has 2 aromatic carbocycles. The molecule has 0 aliphatic carbocycles. The number of benzene rings is 2. The van der Waals surface area contributed by atoms with Crippen molar-refractivity contribution in [2.75, 3.05) is 0 Å². The van der Waals surface area contributed by atoms with Gasteiger partial charge in [-0.1, -0.05) is 59.6 Å². The van der Waals surface area contributed by atoms with Crippen LogP contribution >= 0.6 is 23.2 Å². The Morgan fingerprint density at radius 1 is 0.833 bits per heavy atom. The van der Waals surface area contributed by atoms with E-state index in [4.69, 9.17) is 28.9 Å². The van der Waals surface area contributed by atoms with E-state index in [0.29, 0.717) is 10.0 Å². The third-order valence-electron chi connectivity index (χ3n) is 2.82. The zero-order valence-corrected chi connectivity index (χ0v) is 11.5. The molecule has 0 bridgehead atoms. The van der Waals surface area contributed by atoms with Gasteiger partial charge in [0, 0.05) is 6.04 Å². The van der Waals surface area contributed by atoms with E-state index in [1.807, 2.05) is 36.4 Å². The van der Waals surface area contributed by atoms with E-state index in [9.17, 15) is 0 Å². The van der Waals surface area contributed by atoms with Crippen LogP contribution in [0.3, 0.4) is 0 Å². The van der Waals surface area contributed by atoms with Crippen LogP contribution < -0.4 is 5.73 Å². The minimum absolute atomic E-state index is 0.0876. The molecule has 0 saturated heterocycles. The molecule has 0 saturated carbocycles. The lowest BCUT2D eigenvalue weighted by molar-refractivity contribution is 0.665. The number of hydrogen-bond donors (Lipinski definition) is 1. The number of nitrogens with two attached hydrogens (primary N) is 1. The molecule has 0 radical (unpaired) electrons. The van der Waals surface area contributed by atoms with Crippen molar-refractivity contribution in [2.45, 2.75) is 18.9 Å². The zero-order chi connectivity index (χ0) is 13.0. The van der Waals surface area contributed by atoms with E-state index in [2.05, 4.69) is 12.1 Å². The van der Waals surface area contributed by atoms with Crippen LogP contribution in [0.2, 0.25) is 10.0 Å². The fourth-order valence-electron chi connectivity index (χ4n) is 1.96. The molecule has 0 fully saturated rings. The van der Waals surface area contributed by atoms with Gasteiger partial charge in [-0.15, -0.1) is 0 Å². The molecule has 1 unspecified atom stereocenters. The van der Waals surface area contributed by atoms with Crippen LogP contribution in [0.15, 0.2) is 48.5 Å². The number of hydrogen-bond acceptors (Lipinski definition) is 1. The third kappa shape index (κ3) is 3.74. The Morgan fingerprint density at radius 2 is 1.50 bits per heavy atom. The standard InChI is InChI=1S/C15H15Cl2N/c16-14-7-6-12(10-15(14)17)9-13(18)8-11-4-2-1-3-5-11/h1-7,10,13H,8-9,18H2. The zero-order valence-electron chi connectivity index (χ0n) is 9.94. The van der Waals surface area contributed by atoms with E-state index in [0.717, 1.165) is 18.4 Å². The van der Waals surface area contributed by atoms with Crippen molar-refractivity contribution in [3.63, 3.8) is 0 Å². The van der Waals surface area contributed by atoms with Crippen molar-refractivity contribution in [3.8, 4) is 0 Å². The molecule has 2 rings (SSSR count). The van der Waals surface area contributed by atoms with Crippen molar-refractivity contribution in [1.82, 2.24) is 0 Å². The summed E-state index contributed by atoms with van der Waals surface area (Å²) in [5.41, 5.74) is 8.52. The van der Waals surface area contributed by atoms with Gasteiger partial charge in [0.2, 0.25) is 0 Å². The molecule has 1 nitrogen and oxygen atoms in total. The van der Waals surface area contributed by atoms with E-state index in [1.54, 1.807) is 0 Å². The fraction of sp³-hybridized carbons (Fsp3) is 0.200. The Hall–Kier alpha value is -1.02. The first-order chi connectivity index (χ1) is 8.65. The highest BCUT2D eigenvalue weighted by Gasteiger charge is 2.07. The normalized spacial score (nSPS) is 12.4. The predicted molar refractivity (Wildman–Crippen MR) is 78.3 cm³/mol. The highest BCUT2D eigenvalue weighted by atomic mass is 35.5. The molecule has 94 valence electrons. The highest BCUT2D eigenvalue weighted by molar-refractivity contribution is 6.42. The second kappa shape index (κ2) is 6.24. The van der Waals surface area contributed by atoms with Gasteiger partial charge in [0.05, 0.1) is 10.0 Å². The average molecular weight is 280 g/mol. The monoisotopic (exact) mass is 279 g/mol. The Labute approximate surface area is 118 Å².